The maximum Gasteiger partial charge on any atom is 0.168 e. The molecule has 124 valence electrons. The topological polar surface area (TPSA) is 55.6 Å². The summed E-state index contributed by atoms with van der Waals surface area (Å²) in [6.45, 7) is 1.95. The van der Waals surface area contributed by atoms with E-state index in [1.165, 1.54) is 18.5 Å². The van der Waals surface area contributed by atoms with E-state index >= 15 is 0 Å². The summed E-state index contributed by atoms with van der Waals surface area (Å²) < 4.78 is 14.8. The summed E-state index contributed by atoms with van der Waals surface area (Å²) in [5, 5.41) is 9.03. The molecule has 2 heterocycles. The Balaban J connectivity index is 1.76. The van der Waals surface area contributed by atoms with Gasteiger partial charge in [0, 0.05) is 10.7 Å². The van der Waals surface area contributed by atoms with Gasteiger partial charge in [-0.25, -0.2) is 19.0 Å². The van der Waals surface area contributed by atoms with Crippen molar-refractivity contribution < 1.29 is 4.39 Å². The predicted octanol–water partition coefficient (Wildman–Crippen LogP) is 4.66. The summed E-state index contributed by atoms with van der Waals surface area (Å²) in [5.41, 5.74) is 3.18. The van der Waals surface area contributed by atoms with Crippen molar-refractivity contribution in [3.63, 3.8) is 0 Å². The molecule has 1 N–H and O–H groups in total. The highest BCUT2D eigenvalue weighted by atomic mass is 35.5. The van der Waals surface area contributed by atoms with Crippen molar-refractivity contribution in [3.8, 4) is 5.69 Å². The summed E-state index contributed by atoms with van der Waals surface area (Å²) in [7, 11) is 0. The molecule has 0 unspecified atom stereocenters. The van der Waals surface area contributed by atoms with Crippen LogP contribution in [0.25, 0.3) is 16.7 Å². The summed E-state index contributed by atoms with van der Waals surface area (Å²) in [4.78, 5) is 8.60. The summed E-state index contributed by atoms with van der Waals surface area (Å²) >= 11 is 6.18. The molecule has 0 aliphatic rings. The van der Waals surface area contributed by atoms with Gasteiger partial charge in [0.15, 0.2) is 5.65 Å². The molecule has 2 aromatic carbocycles. The van der Waals surface area contributed by atoms with E-state index in [4.69, 9.17) is 11.6 Å². The summed E-state index contributed by atoms with van der Waals surface area (Å²) in [6, 6.07) is 11.8. The van der Waals surface area contributed by atoms with Gasteiger partial charge in [-0.2, -0.15) is 5.10 Å². The molecule has 0 aliphatic carbocycles. The number of nitrogens with zero attached hydrogens (tertiary/aromatic N) is 4. The van der Waals surface area contributed by atoms with Crippen LogP contribution >= 0.6 is 11.6 Å². The first kappa shape index (κ1) is 15.5. The minimum atomic E-state index is -0.298. The highest BCUT2D eigenvalue weighted by Gasteiger charge is 2.11. The molecule has 2 aromatic heterocycles. The minimum Gasteiger partial charge on any atom is -0.339 e. The van der Waals surface area contributed by atoms with E-state index in [-0.39, 0.29) is 5.82 Å². The number of aryl methyl sites for hydroxylation is 1. The Kier molecular flexibility index (Phi) is 3.82. The molecule has 25 heavy (non-hydrogen) atoms. The number of aromatic nitrogens is 4. The lowest BCUT2D eigenvalue weighted by Gasteiger charge is -2.08. The monoisotopic (exact) mass is 353 g/mol. The molecule has 0 amide bonds. The lowest BCUT2D eigenvalue weighted by molar-refractivity contribution is 0.627. The standard InChI is InChI=1S/C18H13ClFN5/c1-11-2-5-13(8-16(11)19)24-17-15-9-23-25(18(15)22-10-21-17)14-6-3-12(20)4-7-14/h2-10H,1H3,(H,21,22,24). The number of hydrogen-bond acceptors (Lipinski definition) is 4. The number of anilines is 2. The van der Waals surface area contributed by atoms with Crippen molar-refractivity contribution >= 4 is 34.1 Å². The summed E-state index contributed by atoms with van der Waals surface area (Å²) in [6.07, 6.45) is 3.14. The van der Waals surface area contributed by atoms with Crippen LogP contribution in [0.5, 0.6) is 0 Å². The van der Waals surface area contributed by atoms with Gasteiger partial charge in [0.1, 0.15) is 18.0 Å². The van der Waals surface area contributed by atoms with Gasteiger partial charge in [0.05, 0.1) is 17.3 Å². The van der Waals surface area contributed by atoms with Crippen LogP contribution in [0.1, 0.15) is 5.56 Å². The van der Waals surface area contributed by atoms with Crippen LogP contribution in [0.3, 0.4) is 0 Å². The second kappa shape index (κ2) is 6.14. The summed E-state index contributed by atoms with van der Waals surface area (Å²) in [5.74, 6) is 0.326. The maximum atomic E-state index is 13.1. The van der Waals surface area contributed by atoms with Crippen molar-refractivity contribution in [2.24, 2.45) is 0 Å². The third-order valence-corrected chi connectivity index (χ3v) is 4.28. The van der Waals surface area contributed by atoms with Crippen LogP contribution in [0, 0.1) is 12.7 Å². The van der Waals surface area contributed by atoms with Crippen molar-refractivity contribution in [1.29, 1.82) is 0 Å². The molecule has 0 aliphatic heterocycles. The van der Waals surface area contributed by atoms with Crippen LogP contribution in [-0.2, 0) is 0 Å². The molecule has 0 saturated carbocycles. The smallest absolute Gasteiger partial charge is 0.168 e. The van der Waals surface area contributed by atoms with Gasteiger partial charge in [-0.05, 0) is 48.9 Å². The van der Waals surface area contributed by atoms with Gasteiger partial charge < -0.3 is 5.32 Å². The second-order valence-electron chi connectivity index (χ2n) is 5.58. The molecule has 0 saturated heterocycles. The molecule has 0 bridgehead atoms. The first-order chi connectivity index (χ1) is 12.1. The van der Waals surface area contributed by atoms with Gasteiger partial charge in [-0.15, -0.1) is 0 Å². The number of rotatable bonds is 3. The zero-order valence-corrected chi connectivity index (χ0v) is 14.0. The zero-order valence-electron chi connectivity index (χ0n) is 13.2. The average molecular weight is 354 g/mol. The Morgan fingerprint density at radius 1 is 1.08 bits per heavy atom. The molecule has 0 fully saturated rings. The van der Waals surface area contributed by atoms with Crippen LogP contribution in [-0.4, -0.2) is 19.7 Å². The molecule has 0 atom stereocenters. The average Bonchev–Trinajstić information content (AvgIpc) is 3.04. The fraction of sp³-hybridized carbons (Fsp3) is 0.0556. The van der Waals surface area contributed by atoms with Crippen LogP contribution in [0.15, 0.2) is 55.0 Å². The third-order valence-electron chi connectivity index (χ3n) is 3.87. The highest BCUT2D eigenvalue weighted by Crippen LogP contribution is 2.27. The Hall–Kier alpha value is -2.99. The van der Waals surface area contributed by atoms with E-state index in [1.807, 2.05) is 25.1 Å². The van der Waals surface area contributed by atoms with Crippen LogP contribution < -0.4 is 5.32 Å². The molecule has 0 radical (unpaired) electrons. The van der Waals surface area contributed by atoms with Gasteiger partial charge in [0.25, 0.3) is 0 Å². The van der Waals surface area contributed by atoms with Crippen molar-refractivity contribution in [1.82, 2.24) is 19.7 Å². The molecule has 0 spiro atoms. The Morgan fingerprint density at radius 3 is 2.64 bits per heavy atom. The van der Waals surface area contributed by atoms with Gasteiger partial charge in [0.2, 0.25) is 0 Å². The quantitative estimate of drug-likeness (QED) is 0.582. The van der Waals surface area contributed by atoms with Crippen molar-refractivity contribution in [3.05, 3.63) is 71.4 Å². The van der Waals surface area contributed by atoms with E-state index < -0.39 is 0 Å². The first-order valence-corrected chi connectivity index (χ1v) is 7.97. The van der Waals surface area contributed by atoms with Crippen molar-refractivity contribution in [2.45, 2.75) is 6.92 Å². The normalized spacial score (nSPS) is 11.0. The van der Waals surface area contributed by atoms with E-state index in [9.17, 15) is 4.39 Å². The van der Waals surface area contributed by atoms with Crippen molar-refractivity contribution in [2.75, 3.05) is 5.32 Å². The zero-order chi connectivity index (χ0) is 17.4. The van der Waals surface area contributed by atoms with E-state index in [2.05, 4.69) is 20.4 Å². The van der Waals surface area contributed by atoms with E-state index in [0.29, 0.717) is 16.5 Å². The molecule has 4 aromatic rings. The fourth-order valence-corrected chi connectivity index (χ4v) is 2.70. The Bertz CT molecular complexity index is 1060. The molecular weight excluding hydrogens is 341 g/mol. The number of benzene rings is 2. The van der Waals surface area contributed by atoms with E-state index in [1.54, 1.807) is 23.0 Å². The lowest BCUT2D eigenvalue weighted by atomic mass is 10.2. The highest BCUT2D eigenvalue weighted by molar-refractivity contribution is 6.31. The van der Waals surface area contributed by atoms with Gasteiger partial charge in [-0.3, -0.25) is 0 Å². The second-order valence-corrected chi connectivity index (χ2v) is 5.99. The third kappa shape index (κ3) is 2.92. The fourth-order valence-electron chi connectivity index (χ4n) is 2.52. The number of nitrogens with one attached hydrogen (secondary N) is 1. The largest absolute Gasteiger partial charge is 0.339 e. The van der Waals surface area contributed by atoms with Gasteiger partial charge >= 0.3 is 0 Å². The SMILES string of the molecule is Cc1ccc(Nc2ncnc3c2cnn3-c2ccc(F)cc2)cc1Cl. The number of halogens is 2. The number of hydrogen-bond donors (Lipinski definition) is 1. The molecular formula is C18H13ClFN5. The van der Waals surface area contributed by atoms with E-state index in [0.717, 1.165) is 22.3 Å². The van der Waals surface area contributed by atoms with Crippen LogP contribution in [0.4, 0.5) is 15.9 Å². The van der Waals surface area contributed by atoms with Crippen LogP contribution in [0.2, 0.25) is 5.02 Å². The minimum absolute atomic E-state index is 0.298. The molecule has 5 nitrogen and oxygen atoms in total. The molecule has 4 rings (SSSR count). The first-order valence-electron chi connectivity index (χ1n) is 7.60. The Morgan fingerprint density at radius 2 is 1.88 bits per heavy atom. The lowest BCUT2D eigenvalue weighted by Crippen LogP contribution is -1.99. The van der Waals surface area contributed by atoms with Gasteiger partial charge in [-0.1, -0.05) is 17.7 Å². The number of fused-ring (bicyclic) bond motifs is 1. The Labute approximate surface area is 148 Å². The maximum absolute atomic E-state index is 13.1. The predicted molar refractivity (Wildman–Crippen MR) is 96.1 cm³/mol. The molecule has 7 heteroatoms.